The van der Waals surface area contributed by atoms with Gasteiger partial charge in [0.2, 0.25) is 0 Å². The molecule has 0 atom stereocenters. The van der Waals surface area contributed by atoms with Crippen molar-refractivity contribution in [3.63, 3.8) is 0 Å². The highest BCUT2D eigenvalue weighted by molar-refractivity contribution is 5.59. The number of hydrogen-bond acceptors (Lipinski definition) is 5. The van der Waals surface area contributed by atoms with Crippen LogP contribution in [0.25, 0.3) is 11.3 Å². The summed E-state index contributed by atoms with van der Waals surface area (Å²) in [7, 11) is 0. The molecule has 2 N–H and O–H groups in total. The van der Waals surface area contributed by atoms with E-state index in [0.29, 0.717) is 11.8 Å². The van der Waals surface area contributed by atoms with Gasteiger partial charge in [0.25, 0.3) is 0 Å². The summed E-state index contributed by atoms with van der Waals surface area (Å²) in [6.07, 6.45) is 4.65. The summed E-state index contributed by atoms with van der Waals surface area (Å²) in [5.41, 5.74) is 1.77. The van der Waals surface area contributed by atoms with Crippen LogP contribution >= 0.6 is 0 Å². The zero-order chi connectivity index (χ0) is 15.0. The standard InChI is InChI=1S/C17H20N2O3/c20-15-6-1-3-12(7-15)16-8-14(19-22-16)9-17(10-21-11-17)18-13-4-2-5-13/h1,3,6-8,13,18,20H,2,4-5,9-11H2. The molecule has 22 heavy (non-hydrogen) atoms. The van der Waals surface area contributed by atoms with Crippen LogP contribution in [-0.2, 0) is 11.2 Å². The maximum Gasteiger partial charge on any atom is 0.167 e. The molecular weight excluding hydrogens is 280 g/mol. The maximum absolute atomic E-state index is 9.56. The minimum atomic E-state index is 0.0120. The van der Waals surface area contributed by atoms with E-state index >= 15 is 0 Å². The Kier molecular flexibility index (Phi) is 3.39. The van der Waals surface area contributed by atoms with Gasteiger partial charge in [-0.1, -0.05) is 23.7 Å². The molecular formula is C17H20N2O3. The lowest BCUT2D eigenvalue weighted by Gasteiger charge is -2.46. The molecule has 2 fully saturated rings. The predicted octanol–water partition coefficient (Wildman–Crippen LogP) is 2.50. The molecule has 0 spiro atoms. The van der Waals surface area contributed by atoms with Gasteiger partial charge in [-0.3, -0.25) is 0 Å². The van der Waals surface area contributed by atoms with Crippen molar-refractivity contribution in [2.45, 2.75) is 37.3 Å². The average molecular weight is 300 g/mol. The van der Waals surface area contributed by atoms with Crippen LogP contribution in [0.5, 0.6) is 5.75 Å². The molecule has 2 aliphatic rings. The van der Waals surface area contributed by atoms with Crippen molar-refractivity contribution in [3.8, 4) is 17.1 Å². The van der Waals surface area contributed by atoms with Gasteiger partial charge in [-0.15, -0.1) is 0 Å². The largest absolute Gasteiger partial charge is 0.508 e. The molecule has 2 aromatic rings. The third kappa shape index (κ3) is 2.62. The van der Waals surface area contributed by atoms with Crippen LogP contribution in [0.1, 0.15) is 25.0 Å². The second kappa shape index (κ2) is 5.41. The number of nitrogens with one attached hydrogen (secondary N) is 1. The van der Waals surface area contributed by atoms with Crippen molar-refractivity contribution in [1.29, 1.82) is 0 Å². The Morgan fingerprint density at radius 1 is 1.27 bits per heavy atom. The number of aromatic hydroxyl groups is 1. The quantitative estimate of drug-likeness (QED) is 0.888. The van der Waals surface area contributed by atoms with Gasteiger partial charge in [0.1, 0.15) is 5.75 Å². The molecule has 5 heteroatoms. The van der Waals surface area contributed by atoms with Crippen molar-refractivity contribution in [2.24, 2.45) is 0 Å². The van der Waals surface area contributed by atoms with E-state index in [1.165, 1.54) is 19.3 Å². The first-order valence-corrected chi connectivity index (χ1v) is 7.83. The maximum atomic E-state index is 9.56. The first-order chi connectivity index (χ1) is 10.7. The molecule has 0 unspecified atom stereocenters. The summed E-state index contributed by atoms with van der Waals surface area (Å²) in [6, 6.07) is 9.60. The zero-order valence-corrected chi connectivity index (χ0v) is 12.4. The van der Waals surface area contributed by atoms with Crippen LogP contribution in [-0.4, -0.2) is 35.1 Å². The van der Waals surface area contributed by atoms with E-state index in [0.717, 1.165) is 30.9 Å². The first-order valence-electron chi connectivity index (χ1n) is 7.83. The number of phenolic OH excluding ortho intramolecular Hbond substituents is 1. The van der Waals surface area contributed by atoms with Gasteiger partial charge in [0, 0.05) is 24.1 Å². The highest BCUT2D eigenvalue weighted by atomic mass is 16.5. The topological polar surface area (TPSA) is 67.5 Å². The van der Waals surface area contributed by atoms with E-state index in [4.69, 9.17) is 9.26 Å². The second-order valence-electron chi connectivity index (χ2n) is 6.45. The monoisotopic (exact) mass is 300 g/mol. The van der Waals surface area contributed by atoms with E-state index in [1.54, 1.807) is 18.2 Å². The fourth-order valence-electron chi connectivity index (χ4n) is 3.11. The molecule has 0 radical (unpaired) electrons. The van der Waals surface area contributed by atoms with Crippen LogP contribution in [0.4, 0.5) is 0 Å². The molecule has 1 aromatic carbocycles. The fourth-order valence-corrected chi connectivity index (χ4v) is 3.11. The number of ether oxygens (including phenoxy) is 1. The number of rotatable bonds is 5. The lowest BCUT2D eigenvalue weighted by atomic mass is 9.85. The molecule has 1 saturated carbocycles. The van der Waals surface area contributed by atoms with Crippen LogP contribution in [0.3, 0.4) is 0 Å². The van der Waals surface area contributed by atoms with Crippen LogP contribution in [0.2, 0.25) is 0 Å². The SMILES string of the molecule is Oc1cccc(-c2cc(CC3(NC4CCC4)COC3)no2)c1. The summed E-state index contributed by atoms with van der Waals surface area (Å²) >= 11 is 0. The summed E-state index contributed by atoms with van der Waals surface area (Å²) in [6.45, 7) is 1.47. The highest BCUT2D eigenvalue weighted by Crippen LogP contribution is 2.30. The number of benzene rings is 1. The summed E-state index contributed by atoms with van der Waals surface area (Å²) < 4.78 is 10.9. The van der Waals surface area contributed by atoms with Crippen molar-refractivity contribution in [2.75, 3.05) is 13.2 Å². The number of aromatic nitrogens is 1. The van der Waals surface area contributed by atoms with Crippen molar-refractivity contribution < 1.29 is 14.4 Å². The Hall–Kier alpha value is -1.85. The molecule has 1 aliphatic heterocycles. The fraction of sp³-hybridized carbons (Fsp3) is 0.471. The average Bonchev–Trinajstić information content (AvgIpc) is 2.88. The zero-order valence-electron chi connectivity index (χ0n) is 12.4. The number of hydrogen-bond donors (Lipinski definition) is 2. The van der Waals surface area contributed by atoms with Gasteiger partial charge in [0.05, 0.1) is 24.4 Å². The number of nitrogens with zero attached hydrogens (tertiary/aromatic N) is 1. The smallest absolute Gasteiger partial charge is 0.167 e. The first kappa shape index (κ1) is 13.8. The van der Waals surface area contributed by atoms with Crippen LogP contribution in [0, 0.1) is 0 Å². The van der Waals surface area contributed by atoms with Crippen molar-refractivity contribution in [3.05, 3.63) is 36.0 Å². The third-order valence-corrected chi connectivity index (χ3v) is 4.58. The highest BCUT2D eigenvalue weighted by Gasteiger charge is 2.41. The van der Waals surface area contributed by atoms with Gasteiger partial charge in [-0.05, 0) is 25.0 Å². The Labute approximate surface area is 129 Å². The minimum Gasteiger partial charge on any atom is -0.508 e. The molecule has 4 rings (SSSR count). The van der Waals surface area contributed by atoms with E-state index in [-0.39, 0.29) is 11.3 Å². The van der Waals surface area contributed by atoms with Crippen LogP contribution in [0.15, 0.2) is 34.9 Å². The van der Waals surface area contributed by atoms with Gasteiger partial charge in [-0.2, -0.15) is 0 Å². The summed E-state index contributed by atoms with van der Waals surface area (Å²) in [5.74, 6) is 0.913. The molecule has 1 aromatic heterocycles. The minimum absolute atomic E-state index is 0.0120. The molecule has 1 aliphatic carbocycles. The Morgan fingerprint density at radius 2 is 2.14 bits per heavy atom. The normalized spacial score (nSPS) is 20.4. The van der Waals surface area contributed by atoms with E-state index in [1.807, 2.05) is 12.1 Å². The second-order valence-corrected chi connectivity index (χ2v) is 6.45. The molecule has 0 amide bonds. The molecule has 116 valence electrons. The van der Waals surface area contributed by atoms with Crippen molar-refractivity contribution in [1.82, 2.24) is 10.5 Å². The molecule has 0 bridgehead atoms. The Balaban J connectivity index is 1.49. The Morgan fingerprint density at radius 3 is 2.77 bits per heavy atom. The van der Waals surface area contributed by atoms with Crippen LogP contribution < -0.4 is 5.32 Å². The lowest BCUT2D eigenvalue weighted by Crippen LogP contribution is -2.65. The van der Waals surface area contributed by atoms with Gasteiger partial charge in [-0.25, -0.2) is 0 Å². The third-order valence-electron chi connectivity index (χ3n) is 4.58. The number of phenols is 1. The lowest BCUT2D eigenvalue weighted by molar-refractivity contribution is -0.0838. The molecule has 2 heterocycles. The summed E-state index contributed by atoms with van der Waals surface area (Å²) in [5, 5.41) is 17.5. The van der Waals surface area contributed by atoms with Gasteiger partial charge in [0.15, 0.2) is 5.76 Å². The van der Waals surface area contributed by atoms with Gasteiger partial charge >= 0.3 is 0 Å². The molecule has 5 nitrogen and oxygen atoms in total. The van der Waals surface area contributed by atoms with Gasteiger partial charge < -0.3 is 19.7 Å². The van der Waals surface area contributed by atoms with E-state index < -0.39 is 0 Å². The van der Waals surface area contributed by atoms with E-state index in [9.17, 15) is 5.11 Å². The predicted molar refractivity (Wildman–Crippen MR) is 81.6 cm³/mol. The van der Waals surface area contributed by atoms with E-state index in [2.05, 4.69) is 10.5 Å². The Bertz CT molecular complexity index is 659. The molecule has 1 saturated heterocycles. The summed E-state index contributed by atoms with van der Waals surface area (Å²) in [4.78, 5) is 0. The van der Waals surface area contributed by atoms with Crippen molar-refractivity contribution >= 4 is 0 Å².